The van der Waals surface area contributed by atoms with Gasteiger partial charge in [0, 0.05) is 43.8 Å². The van der Waals surface area contributed by atoms with Crippen LogP contribution in [-0.4, -0.2) is 64.5 Å². The standard InChI is InChI=1S/C26H32F2N6O5/c1-6-33-20-12-32(11-18(20)29-22(33)23-30-39-25(37)31(23)5)15-10-19(34(24(35)36)26(2,3)4)21(38-13-15)16-9-14(27)7-8-17(16)28/h7-9,15,19,21H,6,10-13H2,1-5H3,(H,35,36)/t15-,19+,21-/m1/s1. The summed E-state index contributed by atoms with van der Waals surface area (Å²) in [6.07, 6.45) is -1.78. The topological polar surface area (TPSA) is 119 Å². The number of nitrogens with zero attached hydrogens (tertiary/aromatic N) is 6. The van der Waals surface area contributed by atoms with Crippen LogP contribution in [-0.2, 0) is 31.4 Å². The summed E-state index contributed by atoms with van der Waals surface area (Å²) in [6, 6.07) is 2.17. The Hall–Kier alpha value is -3.58. The van der Waals surface area contributed by atoms with Crippen molar-refractivity contribution in [3.63, 3.8) is 0 Å². The molecule has 1 amide bonds. The predicted molar refractivity (Wildman–Crippen MR) is 135 cm³/mol. The lowest BCUT2D eigenvalue weighted by Gasteiger charge is -2.48. The highest BCUT2D eigenvalue weighted by Gasteiger charge is 2.46. The van der Waals surface area contributed by atoms with E-state index in [0.717, 1.165) is 29.6 Å². The minimum absolute atomic E-state index is 0.000570. The van der Waals surface area contributed by atoms with Crippen LogP contribution in [0.4, 0.5) is 13.6 Å². The van der Waals surface area contributed by atoms with Gasteiger partial charge < -0.3 is 14.4 Å². The van der Waals surface area contributed by atoms with E-state index < -0.39 is 41.2 Å². The van der Waals surface area contributed by atoms with Gasteiger partial charge in [-0.2, -0.15) is 0 Å². The number of halogens is 2. The summed E-state index contributed by atoms with van der Waals surface area (Å²) in [6.45, 7) is 9.06. The summed E-state index contributed by atoms with van der Waals surface area (Å²) in [4.78, 5) is 32.5. The molecule has 0 spiro atoms. The maximum Gasteiger partial charge on any atom is 0.441 e. The van der Waals surface area contributed by atoms with Gasteiger partial charge in [-0.25, -0.2) is 23.4 Å². The van der Waals surface area contributed by atoms with Crippen molar-refractivity contribution in [1.29, 1.82) is 0 Å². The van der Waals surface area contributed by atoms with Gasteiger partial charge in [0.15, 0.2) is 5.82 Å². The van der Waals surface area contributed by atoms with Crippen LogP contribution < -0.4 is 5.76 Å². The first-order valence-electron chi connectivity index (χ1n) is 12.8. The number of rotatable bonds is 5. The molecule has 0 saturated carbocycles. The number of benzene rings is 1. The highest BCUT2D eigenvalue weighted by atomic mass is 19.1. The Morgan fingerprint density at radius 2 is 1.97 bits per heavy atom. The summed E-state index contributed by atoms with van der Waals surface area (Å²) in [5.74, 6) is -0.958. The van der Waals surface area contributed by atoms with Gasteiger partial charge in [0.25, 0.3) is 0 Å². The summed E-state index contributed by atoms with van der Waals surface area (Å²) in [5.41, 5.74) is 0.966. The molecule has 5 rings (SSSR count). The van der Waals surface area contributed by atoms with Crippen LogP contribution in [0.3, 0.4) is 0 Å². The second kappa shape index (κ2) is 9.87. The van der Waals surface area contributed by atoms with Crippen LogP contribution >= 0.6 is 0 Å². The van der Waals surface area contributed by atoms with Gasteiger partial charge in [-0.1, -0.05) is 5.16 Å². The van der Waals surface area contributed by atoms with Crippen molar-refractivity contribution in [2.75, 3.05) is 6.61 Å². The molecule has 3 aromatic rings. The lowest BCUT2D eigenvalue weighted by Crippen LogP contribution is -2.58. The zero-order valence-electron chi connectivity index (χ0n) is 22.5. The maximum absolute atomic E-state index is 14.8. The Morgan fingerprint density at radius 1 is 1.23 bits per heavy atom. The van der Waals surface area contributed by atoms with E-state index in [2.05, 4.69) is 10.1 Å². The Morgan fingerprint density at radius 3 is 2.59 bits per heavy atom. The smallest absolute Gasteiger partial charge is 0.441 e. The van der Waals surface area contributed by atoms with Crippen molar-refractivity contribution in [1.82, 2.24) is 29.1 Å². The summed E-state index contributed by atoms with van der Waals surface area (Å²) in [7, 11) is 1.57. The van der Waals surface area contributed by atoms with Crippen molar-refractivity contribution >= 4 is 6.09 Å². The fraction of sp³-hybridized carbons (Fsp3) is 0.538. The molecule has 39 heavy (non-hydrogen) atoms. The van der Waals surface area contributed by atoms with Crippen molar-refractivity contribution < 1.29 is 27.9 Å². The van der Waals surface area contributed by atoms with E-state index in [4.69, 9.17) is 14.2 Å². The highest BCUT2D eigenvalue weighted by Crippen LogP contribution is 2.40. The van der Waals surface area contributed by atoms with E-state index in [0.29, 0.717) is 37.7 Å². The molecule has 2 aromatic heterocycles. The summed E-state index contributed by atoms with van der Waals surface area (Å²) >= 11 is 0. The van der Waals surface area contributed by atoms with E-state index in [-0.39, 0.29) is 18.2 Å². The van der Waals surface area contributed by atoms with Crippen molar-refractivity contribution in [2.45, 2.75) is 77.5 Å². The molecule has 210 valence electrons. The molecule has 1 aromatic carbocycles. The largest absolute Gasteiger partial charge is 0.465 e. The number of carbonyl (C=O) groups is 1. The van der Waals surface area contributed by atoms with Gasteiger partial charge in [0.05, 0.1) is 24.0 Å². The first-order chi connectivity index (χ1) is 18.4. The van der Waals surface area contributed by atoms with Crippen LogP contribution in [0.15, 0.2) is 27.5 Å². The Balaban J connectivity index is 1.45. The second-order valence-electron chi connectivity index (χ2n) is 11.0. The maximum atomic E-state index is 14.8. The molecule has 1 N–H and O–H groups in total. The average molecular weight is 547 g/mol. The molecule has 0 bridgehead atoms. The summed E-state index contributed by atoms with van der Waals surface area (Å²) in [5, 5.41) is 14.1. The van der Waals surface area contributed by atoms with E-state index in [1.165, 1.54) is 9.47 Å². The van der Waals surface area contributed by atoms with Crippen LogP contribution in [0.25, 0.3) is 11.6 Å². The highest BCUT2D eigenvalue weighted by molar-refractivity contribution is 5.66. The Bertz CT molecular complexity index is 1460. The van der Waals surface area contributed by atoms with Crippen molar-refractivity contribution in [2.24, 2.45) is 7.05 Å². The van der Waals surface area contributed by atoms with Crippen LogP contribution in [0.5, 0.6) is 0 Å². The number of hydrogen-bond acceptors (Lipinski definition) is 7. The molecular weight excluding hydrogens is 514 g/mol. The lowest BCUT2D eigenvalue weighted by molar-refractivity contribution is -0.103. The molecule has 13 heteroatoms. The molecule has 2 aliphatic rings. The molecule has 0 radical (unpaired) electrons. The van der Waals surface area contributed by atoms with E-state index in [1.807, 2.05) is 11.5 Å². The van der Waals surface area contributed by atoms with Crippen LogP contribution in [0, 0.1) is 11.6 Å². The molecule has 1 saturated heterocycles. The first-order valence-corrected chi connectivity index (χ1v) is 12.8. The molecule has 1 fully saturated rings. The Kier molecular flexibility index (Phi) is 6.83. The van der Waals surface area contributed by atoms with E-state index >= 15 is 0 Å². The molecule has 11 nitrogen and oxygen atoms in total. The third kappa shape index (κ3) is 4.73. The normalized spacial score (nSPS) is 21.8. The fourth-order valence-corrected chi connectivity index (χ4v) is 5.78. The molecule has 0 unspecified atom stereocenters. The summed E-state index contributed by atoms with van der Waals surface area (Å²) < 4.78 is 43.2. The lowest BCUT2D eigenvalue weighted by atomic mass is 9.88. The zero-order chi connectivity index (χ0) is 28.2. The number of aromatic nitrogens is 4. The third-order valence-electron chi connectivity index (χ3n) is 7.55. The monoisotopic (exact) mass is 546 g/mol. The van der Waals surface area contributed by atoms with Crippen molar-refractivity contribution in [3.05, 3.63) is 57.3 Å². The molecule has 0 aliphatic carbocycles. The minimum Gasteiger partial charge on any atom is -0.465 e. The van der Waals surface area contributed by atoms with E-state index in [1.54, 1.807) is 27.8 Å². The second-order valence-corrected chi connectivity index (χ2v) is 11.0. The van der Waals surface area contributed by atoms with Gasteiger partial charge >= 0.3 is 11.8 Å². The third-order valence-corrected chi connectivity index (χ3v) is 7.55. The van der Waals surface area contributed by atoms with Crippen molar-refractivity contribution in [3.8, 4) is 11.6 Å². The number of fused-ring (bicyclic) bond motifs is 1. The van der Waals surface area contributed by atoms with Crippen LogP contribution in [0.2, 0.25) is 0 Å². The minimum atomic E-state index is -1.16. The first kappa shape index (κ1) is 27.0. The number of imidazole rings is 1. The Labute approximate surface area is 223 Å². The fourth-order valence-electron chi connectivity index (χ4n) is 5.78. The van der Waals surface area contributed by atoms with E-state index in [9.17, 15) is 23.5 Å². The van der Waals surface area contributed by atoms with Crippen LogP contribution in [0.1, 0.15) is 57.2 Å². The zero-order valence-corrected chi connectivity index (χ0v) is 22.5. The van der Waals surface area contributed by atoms with Gasteiger partial charge in [-0.15, -0.1) is 0 Å². The average Bonchev–Trinajstić information content (AvgIpc) is 3.52. The number of ether oxygens (including phenoxy) is 1. The van der Waals surface area contributed by atoms with Gasteiger partial charge in [0.1, 0.15) is 17.7 Å². The van der Waals surface area contributed by atoms with Gasteiger partial charge in [-0.3, -0.25) is 18.9 Å². The number of carboxylic acid groups (broad SMARTS) is 1. The molecule has 4 heterocycles. The number of hydrogen-bond donors (Lipinski definition) is 1. The number of amides is 1. The SMILES string of the molecule is CCn1c(-c2noc(=O)n2C)nc2c1CN([C@H]1CO[C@H](c3cc(F)ccc3F)[C@@H](N(C(=O)O)C(C)(C)C)C1)C2. The molecular formula is C26H32F2N6O5. The van der Waals surface area contributed by atoms with Gasteiger partial charge in [0.2, 0.25) is 5.82 Å². The van der Waals surface area contributed by atoms with Gasteiger partial charge in [-0.05, 0) is 52.3 Å². The molecule has 3 atom stereocenters. The molecule has 2 aliphatic heterocycles. The quantitative estimate of drug-likeness (QED) is 0.516. The predicted octanol–water partition coefficient (Wildman–Crippen LogP) is 3.53.